The first-order valence-electron chi connectivity index (χ1n) is 8.18. The van der Waals surface area contributed by atoms with Crippen molar-refractivity contribution >= 4 is 11.4 Å². The van der Waals surface area contributed by atoms with Gasteiger partial charge in [0.15, 0.2) is 0 Å². The van der Waals surface area contributed by atoms with E-state index in [1.807, 2.05) is 24.3 Å². The lowest BCUT2D eigenvalue weighted by Gasteiger charge is -2.34. The van der Waals surface area contributed by atoms with E-state index >= 15 is 0 Å². The van der Waals surface area contributed by atoms with Crippen LogP contribution >= 0.6 is 0 Å². The summed E-state index contributed by atoms with van der Waals surface area (Å²) in [7, 11) is 0. The monoisotopic (exact) mass is 334 g/mol. The fraction of sp³-hybridized carbons (Fsp3) is 0.368. The van der Waals surface area contributed by atoms with E-state index in [1.165, 1.54) is 12.1 Å². The lowest BCUT2D eigenvalue weighted by atomic mass is 9.89. The maximum Gasteiger partial charge on any atom is 0.416 e. The minimum absolute atomic E-state index is 0.422. The van der Waals surface area contributed by atoms with Crippen molar-refractivity contribution in [2.75, 3.05) is 23.7 Å². The van der Waals surface area contributed by atoms with Crippen molar-refractivity contribution in [2.24, 2.45) is 5.92 Å². The molecule has 0 spiro atoms. The summed E-state index contributed by atoms with van der Waals surface area (Å²) in [5.41, 5.74) is 7.90. The number of nitrogens with two attached hydrogens (primary N) is 1. The van der Waals surface area contributed by atoms with Gasteiger partial charge in [0.05, 0.1) is 5.56 Å². The Labute approximate surface area is 140 Å². The number of anilines is 2. The molecule has 1 saturated heterocycles. The van der Waals surface area contributed by atoms with E-state index in [2.05, 4.69) is 4.90 Å². The zero-order valence-corrected chi connectivity index (χ0v) is 13.4. The molecule has 2 N–H and O–H groups in total. The van der Waals surface area contributed by atoms with Crippen LogP contribution in [0.1, 0.15) is 24.0 Å². The summed E-state index contributed by atoms with van der Waals surface area (Å²) in [5.74, 6) is 0.422. The molecule has 128 valence electrons. The van der Waals surface area contributed by atoms with Gasteiger partial charge in [-0.25, -0.2) is 0 Å². The standard InChI is InChI=1S/C19H21F3N2/c20-19(21,22)16-4-1-3-15(12-16)11-14-7-9-24(10-8-14)18-6-2-5-17(23)13-18/h1-6,12-14H,7-11,23H2. The normalized spacial score (nSPS) is 16.4. The number of alkyl halides is 3. The Morgan fingerprint density at radius 2 is 1.71 bits per heavy atom. The third-order valence-corrected chi connectivity index (χ3v) is 4.63. The zero-order valence-electron chi connectivity index (χ0n) is 13.4. The van der Waals surface area contributed by atoms with Gasteiger partial charge in [0.2, 0.25) is 0 Å². The Balaban J connectivity index is 1.60. The van der Waals surface area contributed by atoms with Gasteiger partial charge in [-0.15, -0.1) is 0 Å². The van der Waals surface area contributed by atoms with Crippen LogP contribution in [0, 0.1) is 5.92 Å². The zero-order chi connectivity index (χ0) is 17.2. The number of halogens is 3. The molecule has 0 radical (unpaired) electrons. The Morgan fingerprint density at radius 1 is 1.00 bits per heavy atom. The summed E-state index contributed by atoms with van der Waals surface area (Å²) in [5, 5.41) is 0. The molecule has 0 atom stereocenters. The predicted molar refractivity (Wildman–Crippen MR) is 90.9 cm³/mol. The van der Waals surface area contributed by atoms with E-state index < -0.39 is 11.7 Å². The SMILES string of the molecule is Nc1cccc(N2CCC(Cc3cccc(C(F)(F)F)c3)CC2)c1. The molecule has 2 nitrogen and oxygen atoms in total. The van der Waals surface area contributed by atoms with Crippen molar-refractivity contribution < 1.29 is 13.2 Å². The molecule has 5 heteroatoms. The van der Waals surface area contributed by atoms with E-state index in [0.717, 1.165) is 48.9 Å². The summed E-state index contributed by atoms with van der Waals surface area (Å²) < 4.78 is 38.4. The molecule has 1 heterocycles. The second-order valence-corrected chi connectivity index (χ2v) is 6.43. The molecule has 0 amide bonds. The fourth-order valence-corrected chi connectivity index (χ4v) is 3.32. The molecule has 0 saturated carbocycles. The number of piperidine rings is 1. The Hall–Kier alpha value is -2.17. The van der Waals surface area contributed by atoms with Crippen molar-refractivity contribution in [1.82, 2.24) is 0 Å². The van der Waals surface area contributed by atoms with Gasteiger partial charge in [-0.2, -0.15) is 13.2 Å². The van der Waals surface area contributed by atoms with Crippen LogP contribution in [0.4, 0.5) is 24.5 Å². The summed E-state index contributed by atoms with van der Waals surface area (Å²) >= 11 is 0. The van der Waals surface area contributed by atoms with Crippen LogP contribution in [0.5, 0.6) is 0 Å². The lowest BCUT2D eigenvalue weighted by Crippen LogP contribution is -2.34. The van der Waals surface area contributed by atoms with Crippen molar-refractivity contribution in [3.63, 3.8) is 0 Å². The van der Waals surface area contributed by atoms with E-state index in [1.54, 1.807) is 6.07 Å². The van der Waals surface area contributed by atoms with Crippen LogP contribution in [-0.4, -0.2) is 13.1 Å². The molecule has 1 fully saturated rings. The van der Waals surface area contributed by atoms with Crippen molar-refractivity contribution in [2.45, 2.75) is 25.4 Å². The molecular formula is C19H21F3N2. The summed E-state index contributed by atoms with van der Waals surface area (Å²) in [4.78, 5) is 2.29. The molecule has 1 aliphatic rings. The number of nitrogen functional groups attached to an aromatic ring is 1. The number of hydrogen-bond acceptors (Lipinski definition) is 2. The predicted octanol–water partition coefficient (Wildman–Crippen LogP) is 4.75. The van der Waals surface area contributed by atoms with Crippen LogP contribution in [-0.2, 0) is 12.6 Å². The number of nitrogens with zero attached hydrogens (tertiary/aromatic N) is 1. The van der Waals surface area contributed by atoms with Crippen molar-refractivity contribution in [1.29, 1.82) is 0 Å². The quantitative estimate of drug-likeness (QED) is 0.821. The van der Waals surface area contributed by atoms with Gasteiger partial charge in [-0.3, -0.25) is 0 Å². The van der Waals surface area contributed by atoms with Crippen LogP contribution in [0.3, 0.4) is 0 Å². The molecule has 3 rings (SSSR count). The minimum Gasteiger partial charge on any atom is -0.399 e. The Morgan fingerprint density at radius 3 is 2.38 bits per heavy atom. The molecule has 24 heavy (non-hydrogen) atoms. The molecule has 2 aromatic carbocycles. The van der Waals surface area contributed by atoms with Gasteiger partial charge >= 0.3 is 6.18 Å². The van der Waals surface area contributed by atoms with Crippen LogP contribution < -0.4 is 10.6 Å². The van der Waals surface area contributed by atoms with E-state index in [-0.39, 0.29) is 0 Å². The second-order valence-electron chi connectivity index (χ2n) is 6.43. The van der Waals surface area contributed by atoms with E-state index in [0.29, 0.717) is 12.3 Å². The van der Waals surface area contributed by atoms with Gasteiger partial charge in [0.1, 0.15) is 0 Å². The number of rotatable bonds is 3. The van der Waals surface area contributed by atoms with Crippen molar-refractivity contribution in [3.8, 4) is 0 Å². The largest absolute Gasteiger partial charge is 0.416 e. The van der Waals surface area contributed by atoms with Crippen LogP contribution in [0.25, 0.3) is 0 Å². The fourth-order valence-electron chi connectivity index (χ4n) is 3.32. The molecule has 0 aromatic heterocycles. The maximum atomic E-state index is 12.8. The van der Waals surface area contributed by atoms with Gasteiger partial charge in [0, 0.05) is 24.5 Å². The second kappa shape index (κ2) is 6.75. The maximum absolute atomic E-state index is 12.8. The summed E-state index contributed by atoms with van der Waals surface area (Å²) in [6, 6.07) is 13.5. The summed E-state index contributed by atoms with van der Waals surface area (Å²) in [6.45, 7) is 1.82. The minimum atomic E-state index is -4.27. The highest BCUT2D eigenvalue weighted by atomic mass is 19.4. The average Bonchev–Trinajstić information content (AvgIpc) is 2.55. The molecule has 1 aliphatic heterocycles. The summed E-state index contributed by atoms with van der Waals surface area (Å²) in [6.07, 6.45) is -1.61. The van der Waals surface area contributed by atoms with Gasteiger partial charge in [0.25, 0.3) is 0 Å². The van der Waals surface area contributed by atoms with Crippen LogP contribution in [0.2, 0.25) is 0 Å². The highest BCUT2D eigenvalue weighted by Gasteiger charge is 2.30. The molecule has 0 bridgehead atoms. The van der Waals surface area contributed by atoms with E-state index in [9.17, 15) is 13.2 Å². The molecule has 0 aliphatic carbocycles. The molecule has 2 aromatic rings. The lowest BCUT2D eigenvalue weighted by molar-refractivity contribution is -0.137. The van der Waals surface area contributed by atoms with Crippen molar-refractivity contribution in [3.05, 3.63) is 59.7 Å². The first-order chi connectivity index (χ1) is 11.4. The topological polar surface area (TPSA) is 29.3 Å². The van der Waals surface area contributed by atoms with Gasteiger partial charge in [-0.05, 0) is 55.0 Å². The molecule has 0 unspecified atom stereocenters. The first kappa shape index (κ1) is 16.7. The molecular weight excluding hydrogens is 313 g/mol. The third kappa shape index (κ3) is 4.02. The smallest absolute Gasteiger partial charge is 0.399 e. The van der Waals surface area contributed by atoms with Gasteiger partial charge in [-0.1, -0.05) is 24.3 Å². The third-order valence-electron chi connectivity index (χ3n) is 4.63. The Bertz CT molecular complexity index is 689. The number of benzene rings is 2. The number of hydrogen-bond donors (Lipinski definition) is 1. The highest BCUT2D eigenvalue weighted by Crippen LogP contribution is 2.31. The Kier molecular flexibility index (Phi) is 4.69. The highest BCUT2D eigenvalue weighted by molar-refractivity contribution is 5.56. The average molecular weight is 334 g/mol. The first-order valence-corrected chi connectivity index (χ1v) is 8.18. The van der Waals surface area contributed by atoms with Crippen LogP contribution in [0.15, 0.2) is 48.5 Å². The van der Waals surface area contributed by atoms with Gasteiger partial charge < -0.3 is 10.6 Å². The van der Waals surface area contributed by atoms with E-state index in [4.69, 9.17) is 5.73 Å².